The van der Waals surface area contributed by atoms with E-state index in [2.05, 4.69) is 26.5 Å². The van der Waals surface area contributed by atoms with Crippen molar-refractivity contribution in [1.82, 2.24) is 0 Å². The standard InChI is InChI=1S/C44H68O13/c1-25-21-34(55-44(23-25)35(46)12-11-31(54-44)24-41(6,50)40(48)49)26(2)9-10-30-14-18-43(53-30)19-15-33-39(57-43)36(47)29(5)38(52-33)32(45)22-28(4)37-27(3)13-17-42(56-37)16-7-8-20-51-42/h9-10,23,26-28,30-39,45-47,50H,5,7-8,11-22,24H2,1-4,6H3,(H,48,49)/b10-9+/t26-,27-,28+,30+,31-,32+,33-,34-,35-,36-,37+,38+,39-,41-,42+,43-,44-/m1/s1. The van der Waals surface area contributed by atoms with Crippen LogP contribution in [0.2, 0.25) is 0 Å². The van der Waals surface area contributed by atoms with Crippen LogP contribution in [-0.2, 0) is 38.0 Å². The number of carboxylic acids is 1. The Morgan fingerprint density at radius 1 is 1.00 bits per heavy atom. The van der Waals surface area contributed by atoms with Crippen LogP contribution < -0.4 is 0 Å². The highest BCUT2D eigenvalue weighted by atomic mass is 16.7. The van der Waals surface area contributed by atoms with E-state index in [4.69, 9.17) is 33.2 Å². The third kappa shape index (κ3) is 9.15. The zero-order valence-electron chi connectivity index (χ0n) is 34.6. The number of hydrogen-bond donors (Lipinski definition) is 5. The number of rotatable bonds is 10. The Balaban J connectivity index is 0.920. The molecule has 13 nitrogen and oxygen atoms in total. The van der Waals surface area contributed by atoms with Gasteiger partial charge in [0.1, 0.15) is 24.4 Å². The first-order chi connectivity index (χ1) is 26.9. The molecule has 17 atom stereocenters. The van der Waals surface area contributed by atoms with Crippen molar-refractivity contribution in [2.24, 2.45) is 17.8 Å². The summed E-state index contributed by atoms with van der Waals surface area (Å²) in [5.41, 5.74) is -0.551. The van der Waals surface area contributed by atoms with E-state index >= 15 is 0 Å². The molecule has 6 fully saturated rings. The lowest BCUT2D eigenvalue weighted by molar-refractivity contribution is -0.321. The second-order valence-electron chi connectivity index (χ2n) is 18.9. The monoisotopic (exact) mass is 804 g/mol. The van der Waals surface area contributed by atoms with Crippen molar-refractivity contribution in [3.8, 4) is 0 Å². The number of aliphatic hydroxyl groups is 4. The Bertz CT molecular complexity index is 1510. The summed E-state index contributed by atoms with van der Waals surface area (Å²) in [4.78, 5) is 11.6. The van der Waals surface area contributed by atoms with Gasteiger partial charge < -0.3 is 58.7 Å². The largest absolute Gasteiger partial charge is 0.479 e. The Morgan fingerprint density at radius 2 is 1.75 bits per heavy atom. The Kier molecular flexibility index (Phi) is 12.9. The highest BCUT2D eigenvalue weighted by Crippen LogP contribution is 2.47. The summed E-state index contributed by atoms with van der Waals surface area (Å²) < 4.78 is 45.2. The van der Waals surface area contributed by atoms with Crippen LogP contribution in [0.3, 0.4) is 0 Å². The van der Waals surface area contributed by atoms with E-state index in [1.54, 1.807) is 6.08 Å². The molecule has 6 saturated heterocycles. The summed E-state index contributed by atoms with van der Waals surface area (Å²) in [6.45, 7) is 14.5. The van der Waals surface area contributed by atoms with Crippen molar-refractivity contribution in [2.45, 2.75) is 209 Å². The summed E-state index contributed by atoms with van der Waals surface area (Å²) in [5.74, 6) is -3.82. The van der Waals surface area contributed by atoms with Crippen molar-refractivity contribution in [2.75, 3.05) is 6.61 Å². The third-order valence-corrected chi connectivity index (χ3v) is 14.0. The predicted octanol–water partition coefficient (Wildman–Crippen LogP) is 5.21. The summed E-state index contributed by atoms with van der Waals surface area (Å²) in [6.07, 6.45) is 9.37. The number of aliphatic carboxylic acids is 1. The van der Waals surface area contributed by atoms with E-state index in [0.717, 1.165) is 50.7 Å². The molecule has 7 heterocycles. The molecule has 0 amide bonds. The first-order valence-electron chi connectivity index (χ1n) is 21.7. The van der Waals surface area contributed by atoms with Crippen molar-refractivity contribution in [3.63, 3.8) is 0 Å². The average Bonchev–Trinajstić information content (AvgIpc) is 3.56. The fraction of sp³-hybridized carbons (Fsp3) is 0.841. The van der Waals surface area contributed by atoms with Crippen molar-refractivity contribution < 1.29 is 63.5 Å². The number of carbonyl (C=O) groups is 1. The van der Waals surface area contributed by atoms with Gasteiger partial charge >= 0.3 is 5.97 Å². The summed E-state index contributed by atoms with van der Waals surface area (Å²) in [6, 6.07) is 0. The first-order valence-corrected chi connectivity index (χ1v) is 21.7. The van der Waals surface area contributed by atoms with Crippen LogP contribution in [0.25, 0.3) is 0 Å². The smallest absolute Gasteiger partial charge is 0.335 e. The van der Waals surface area contributed by atoms with Gasteiger partial charge in [-0.2, -0.15) is 0 Å². The van der Waals surface area contributed by atoms with Crippen LogP contribution in [0, 0.1) is 17.8 Å². The normalized spacial score (nSPS) is 45.4. The van der Waals surface area contributed by atoms with Gasteiger partial charge in [0.15, 0.2) is 17.2 Å². The van der Waals surface area contributed by atoms with Gasteiger partial charge in [0.2, 0.25) is 5.79 Å². The van der Waals surface area contributed by atoms with E-state index < -0.39 is 71.7 Å². The topological polar surface area (TPSA) is 183 Å². The Hall–Kier alpha value is -1.75. The number of fused-ring (bicyclic) bond motifs is 1. The summed E-state index contributed by atoms with van der Waals surface area (Å²) in [7, 11) is 0. The lowest BCUT2D eigenvalue weighted by Crippen LogP contribution is -2.60. The maximum Gasteiger partial charge on any atom is 0.335 e. The fourth-order valence-corrected chi connectivity index (χ4v) is 10.5. The molecule has 57 heavy (non-hydrogen) atoms. The number of carboxylic acid groups (broad SMARTS) is 1. The molecule has 0 aromatic heterocycles. The second-order valence-corrected chi connectivity index (χ2v) is 18.9. The SMILES string of the molecule is C=C1[C@@H](O)[C@@H]2O[C@]3(CC[C@H](/C=C/[C@@H](C)[C@H]4CC(C)=C[C@@]5(O[C@@H](C[C@@](C)(O)C(=O)O)CC[C@H]5O)O4)O3)CC[C@H]2O[C@@H]1[C@@H](O)C[C@H](C)[C@H]1O[C@@]2(CCCCO2)CC[C@H]1C. The van der Waals surface area contributed by atoms with E-state index in [0.29, 0.717) is 56.4 Å². The van der Waals surface area contributed by atoms with Gasteiger partial charge in [-0.1, -0.05) is 45.1 Å². The Morgan fingerprint density at radius 3 is 2.49 bits per heavy atom. The molecule has 0 aromatic carbocycles. The van der Waals surface area contributed by atoms with E-state index in [1.165, 1.54) is 6.92 Å². The van der Waals surface area contributed by atoms with E-state index in [-0.39, 0.29) is 36.6 Å². The van der Waals surface area contributed by atoms with Crippen LogP contribution in [0.15, 0.2) is 36.0 Å². The van der Waals surface area contributed by atoms with Gasteiger partial charge in [0, 0.05) is 38.0 Å². The van der Waals surface area contributed by atoms with Gasteiger partial charge in [-0.3, -0.25) is 0 Å². The zero-order valence-corrected chi connectivity index (χ0v) is 34.6. The molecule has 7 aliphatic rings. The van der Waals surface area contributed by atoms with Crippen molar-refractivity contribution >= 4 is 5.97 Å². The molecular formula is C44H68O13. The molecule has 3 spiro atoms. The molecule has 0 aliphatic carbocycles. The van der Waals surface area contributed by atoms with Crippen molar-refractivity contribution in [3.05, 3.63) is 36.0 Å². The van der Waals surface area contributed by atoms with Crippen LogP contribution in [0.4, 0.5) is 0 Å². The summed E-state index contributed by atoms with van der Waals surface area (Å²) in [5, 5.41) is 54.0. The van der Waals surface area contributed by atoms with Crippen molar-refractivity contribution in [1.29, 1.82) is 0 Å². The maximum absolute atomic E-state index is 11.6. The molecule has 5 N–H and O–H groups in total. The average molecular weight is 805 g/mol. The molecule has 7 aliphatic heterocycles. The molecule has 0 bridgehead atoms. The molecule has 322 valence electrons. The third-order valence-electron chi connectivity index (χ3n) is 14.0. The number of hydrogen-bond acceptors (Lipinski definition) is 12. The zero-order chi connectivity index (χ0) is 40.9. The van der Waals surface area contributed by atoms with E-state index in [1.807, 2.05) is 19.9 Å². The highest BCUT2D eigenvalue weighted by Gasteiger charge is 2.55. The van der Waals surface area contributed by atoms with Gasteiger partial charge in [0.05, 0.1) is 43.2 Å². The second kappa shape index (κ2) is 17.0. The molecule has 13 heteroatoms. The number of ether oxygens (including phenoxy) is 7. The lowest BCUT2D eigenvalue weighted by Gasteiger charge is -2.50. The van der Waals surface area contributed by atoms with Crippen LogP contribution >= 0.6 is 0 Å². The minimum atomic E-state index is -1.96. The van der Waals surface area contributed by atoms with Crippen LogP contribution in [0.1, 0.15) is 125 Å². The van der Waals surface area contributed by atoms with Gasteiger partial charge in [-0.05, 0) is 95.1 Å². The fourth-order valence-electron chi connectivity index (χ4n) is 10.5. The molecule has 0 aromatic rings. The number of aliphatic hydroxyl groups excluding tert-OH is 3. The highest BCUT2D eigenvalue weighted by molar-refractivity contribution is 5.76. The quantitative estimate of drug-likeness (QED) is 0.182. The van der Waals surface area contributed by atoms with Gasteiger partial charge in [-0.15, -0.1) is 0 Å². The predicted molar refractivity (Wildman–Crippen MR) is 208 cm³/mol. The minimum Gasteiger partial charge on any atom is -0.479 e. The molecule has 0 saturated carbocycles. The summed E-state index contributed by atoms with van der Waals surface area (Å²) >= 11 is 0. The van der Waals surface area contributed by atoms with E-state index in [9.17, 15) is 30.3 Å². The van der Waals surface area contributed by atoms with Crippen LogP contribution in [-0.4, -0.2) is 122 Å². The minimum absolute atomic E-state index is 0.0423. The molecular weight excluding hydrogens is 736 g/mol. The van der Waals surface area contributed by atoms with Gasteiger partial charge in [0.25, 0.3) is 0 Å². The molecule has 0 unspecified atom stereocenters. The van der Waals surface area contributed by atoms with Gasteiger partial charge in [-0.25, -0.2) is 4.79 Å². The van der Waals surface area contributed by atoms with Crippen LogP contribution in [0.5, 0.6) is 0 Å². The Labute approximate surface area is 337 Å². The molecule has 7 rings (SSSR count). The first kappa shape index (κ1) is 43.3. The lowest BCUT2D eigenvalue weighted by atomic mass is 9.79. The molecule has 0 radical (unpaired) electrons. The maximum atomic E-state index is 11.6.